The van der Waals surface area contributed by atoms with Gasteiger partial charge >= 0.3 is 0 Å². The van der Waals surface area contributed by atoms with Crippen molar-refractivity contribution < 1.29 is 4.79 Å². The van der Waals surface area contributed by atoms with Gasteiger partial charge in [-0.1, -0.05) is 18.9 Å². The lowest BCUT2D eigenvalue weighted by atomic mass is 9.82. The van der Waals surface area contributed by atoms with Crippen LogP contribution in [-0.2, 0) is 11.3 Å². The van der Waals surface area contributed by atoms with Crippen LogP contribution in [0, 0.1) is 5.92 Å². The van der Waals surface area contributed by atoms with Gasteiger partial charge in [-0.3, -0.25) is 4.79 Å². The molecule has 3 nitrogen and oxygen atoms in total. The van der Waals surface area contributed by atoms with Crippen molar-refractivity contribution in [2.24, 2.45) is 11.7 Å². The molecule has 0 bridgehead atoms. The van der Waals surface area contributed by atoms with Gasteiger partial charge < -0.3 is 10.6 Å². The van der Waals surface area contributed by atoms with Gasteiger partial charge in [0.25, 0.3) is 0 Å². The summed E-state index contributed by atoms with van der Waals surface area (Å²) < 4.78 is 0. The molecule has 1 aliphatic rings. The van der Waals surface area contributed by atoms with Gasteiger partial charge in [-0.2, -0.15) is 0 Å². The van der Waals surface area contributed by atoms with E-state index in [1.165, 1.54) is 17.7 Å². The van der Waals surface area contributed by atoms with Crippen molar-refractivity contribution in [3.8, 4) is 0 Å². The molecular weight excluding hydrogens is 268 g/mol. The minimum atomic E-state index is 0.212. The Morgan fingerprint density at radius 2 is 2.20 bits per heavy atom. The minimum Gasteiger partial charge on any atom is -0.335 e. The van der Waals surface area contributed by atoms with Crippen LogP contribution in [0.2, 0.25) is 0 Å². The predicted octanol–water partition coefficient (Wildman–Crippen LogP) is 3.39. The molecule has 0 radical (unpaired) electrons. The molecule has 0 spiro atoms. The molecule has 1 aromatic rings. The molecule has 1 aromatic heterocycles. The summed E-state index contributed by atoms with van der Waals surface area (Å²) in [5.74, 6) is 0.636. The maximum atomic E-state index is 12.6. The van der Waals surface area contributed by atoms with Gasteiger partial charge in [-0.05, 0) is 44.1 Å². The van der Waals surface area contributed by atoms with E-state index in [0.29, 0.717) is 12.3 Å². The van der Waals surface area contributed by atoms with Crippen molar-refractivity contribution in [2.45, 2.75) is 64.6 Å². The zero-order valence-corrected chi connectivity index (χ0v) is 13.4. The highest BCUT2D eigenvalue weighted by molar-refractivity contribution is 7.09. The molecule has 2 unspecified atom stereocenters. The van der Waals surface area contributed by atoms with Gasteiger partial charge in [0.1, 0.15) is 0 Å². The number of amides is 1. The summed E-state index contributed by atoms with van der Waals surface area (Å²) in [5.41, 5.74) is 6.17. The summed E-state index contributed by atoms with van der Waals surface area (Å²) in [6.45, 7) is 4.91. The topological polar surface area (TPSA) is 46.3 Å². The number of rotatable bonds is 5. The van der Waals surface area contributed by atoms with Gasteiger partial charge in [0, 0.05) is 23.4 Å². The fourth-order valence-corrected chi connectivity index (χ4v) is 3.66. The summed E-state index contributed by atoms with van der Waals surface area (Å²) in [4.78, 5) is 15.8. The highest BCUT2D eigenvalue weighted by Crippen LogP contribution is 2.27. The van der Waals surface area contributed by atoms with E-state index in [9.17, 15) is 4.79 Å². The maximum Gasteiger partial charge on any atom is 0.223 e. The van der Waals surface area contributed by atoms with Crippen LogP contribution in [0.25, 0.3) is 0 Å². The molecule has 112 valence electrons. The lowest BCUT2D eigenvalue weighted by molar-refractivity contribution is -0.135. The molecule has 2 atom stereocenters. The molecule has 4 heteroatoms. The molecule has 0 aromatic carbocycles. The Balaban J connectivity index is 1.96. The van der Waals surface area contributed by atoms with E-state index in [0.717, 1.165) is 19.4 Å². The van der Waals surface area contributed by atoms with E-state index in [-0.39, 0.29) is 18.0 Å². The van der Waals surface area contributed by atoms with Crippen molar-refractivity contribution in [2.75, 3.05) is 0 Å². The molecule has 2 N–H and O–H groups in total. The Morgan fingerprint density at radius 1 is 1.45 bits per heavy atom. The van der Waals surface area contributed by atoms with Crippen molar-refractivity contribution in [3.63, 3.8) is 0 Å². The Kier molecular flexibility index (Phi) is 5.61. The first kappa shape index (κ1) is 15.5. The van der Waals surface area contributed by atoms with Crippen LogP contribution in [0.4, 0.5) is 0 Å². The lowest BCUT2D eigenvalue weighted by Gasteiger charge is -2.32. The Bertz CT molecular complexity index is 416. The van der Waals surface area contributed by atoms with Gasteiger partial charge in [-0.15, -0.1) is 11.3 Å². The first-order valence-electron chi connectivity index (χ1n) is 7.65. The van der Waals surface area contributed by atoms with Crippen LogP contribution < -0.4 is 5.73 Å². The number of nitrogens with two attached hydrogens (primary N) is 1. The third-order valence-corrected chi connectivity index (χ3v) is 5.12. The van der Waals surface area contributed by atoms with Crippen molar-refractivity contribution in [1.29, 1.82) is 0 Å². The molecule has 0 aliphatic heterocycles. The third-order valence-electron chi connectivity index (χ3n) is 4.25. The fraction of sp³-hybridized carbons (Fsp3) is 0.688. The standard InChI is InChI=1S/C16H26N2OS/c1-12(2)18(11-14-7-5-9-20-14)16(19)10-13-6-3-4-8-15(13)17/h5,7,9,12-13,15H,3-4,6,8,10-11,17H2,1-2H3. The van der Waals surface area contributed by atoms with Crippen molar-refractivity contribution >= 4 is 17.2 Å². The Morgan fingerprint density at radius 3 is 2.80 bits per heavy atom. The van der Waals surface area contributed by atoms with E-state index in [2.05, 4.69) is 25.3 Å². The highest BCUT2D eigenvalue weighted by Gasteiger charge is 2.27. The normalized spacial score (nSPS) is 23.0. The van der Waals surface area contributed by atoms with E-state index in [1.54, 1.807) is 11.3 Å². The average Bonchev–Trinajstić information content (AvgIpc) is 2.91. The molecule has 1 fully saturated rings. The first-order chi connectivity index (χ1) is 9.58. The predicted molar refractivity (Wildman–Crippen MR) is 84.6 cm³/mol. The second kappa shape index (κ2) is 7.23. The van der Waals surface area contributed by atoms with Crippen LogP contribution in [0.3, 0.4) is 0 Å². The highest BCUT2D eigenvalue weighted by atomic mass is 32.1. The molecular formula is C16H26N2OS. The number of carbonyl (C=O) groups is 1. The van der Waals surface area contributed by atoms with Crippen LogP contribution in [0.5, 0.6) is 0 Å². The van der Waals surface area contributed by atoms with Gasteiger partial charge in [0.2, 0.25) is 5.91 Å². The fourth-order valence-electron chi connectivity index (χ4n) is 2.96. The molecule has 2 rings (SSSR count). The first-order valence-corrected chi connectivity index (χ1v) is 8.53. The van der Waals surface area contributed by atoms with E-state index < -0.39 is 0 Å². The zero-order chi connectivity index (χ0) is 14.5. The van der Waals surface area contributed by atoms with Crippen LogP contribution >= 0.6 is 11.3 Å². The van der Waals surface area contributed by atoms with Crippen LogP contribution in [0.15, 0.2) is 17.5 Å². The summed E-state index contributed by atoms with van der Waals surface area (Å²) in [6, 6.07) is 4.59. The Labute approximate surface area is 126 Å². The summed E-state index contributed by atoms with van der Waals surface area (Å²) in [5, 5.41) is 2.06. The second-order valence-corrected chi connectivity index (χ2v) is 7.14. The number of hydrogen-bond donors (Lipinski definition) is 1. The average molecular weight is 294 g/mol. The van der Waals surface area contributed by atoms with Gasteiger partial charge in [0.15, 0.2) is 0 Å². The lowest BCUT2D eigenvalue weighted by Crippen LogP contribution is -2.41. The van der Waals surface area contributed by atoms with E-state index in [1.807, 2.05) is 11.0 Å². The molecule has 1 heterocycles. The van der Waals surface area contributed by atoms with Gasteiger partial charge in [0.05, 0.1) is 6.54 Å². The van der Waals surface area contributed by atoms with Gasteiger partial charge in [-0.25, -0.2) is 0 Å². The summed E-state index contributed by atoms with van der Waals surface area (Å²) in [6.07, 6.45) is 5.24. The van der Waals surface area contributed by atoms with E-state index in [4.69, 9.17) is 5.73 Å². The molecule has 1 saturated carbocycles. The quantitative estimate of drug-likeness (QED) is 0.904. The largest absolute Gasteiger partial charge is 0.335 e. The Hall–Kier alpha value is -0.870. The molecule has 1 aliphatic carbocycles. The van der Waals surface area contributed by atoms with Crippen LogP contribution in [-0.4, -0.2) is 22.9 Å². The van der Waals surface area contributed by atoms with Crippen molar-refractivity contribution in [3.05, 3.63) is 22.4 Å². The maximum absolute atomic E-state index is 12.6. The molecule has 0 saturated heterocycles. The minimum absolute atomic E-state index is 0.212. The smallest absolute Gasteiger partial charge is 0.223 e. The SMILES string of the molecule is CC(C)N(Cc1cccs1)C(=O)CC1CCCCC1N. The number of nitrogens with zero attached hydrogens (tertiary/aromatic N) is 1. The summed E-state index contributed by atoms with van der Waals surface area (Å²) >= 11 is 1.71. The number of carbonyl (C=O) groups excluding carboxylic acids is 1. The summed E-state index contributed by atoms with van der Waals surface area (Å²) in [7, 11) is 0. The molecule has 20 heavy (non-hydrogen) atoms. The van der Waals surface area contributed by atoms with E-state index >= 15 is 0 Å². The second-order valence-electron chi connectivity index (χ2n) is 6.11. The number of thiophene rings is 1. The third kappa shape index (κ3) is 4.06. The van der Waals surface area contributed by atoms with Crippen LogP contribution in [0.1, 0.15) is 50.8 Å². The zero-order valence-electron chi connectivity index (χ0n) is 12.5. The van der Waals surface area contributed by atoms with Crippen molar-refractivity contribution in [1.82, 2.24) is 4.90 Å². The molecule has 1 amide bonds. The number of hydrogen-bond acceptors (Lipinski definition) is 3. The monoisotopic (exact) mass is 294 g/mol.